The Balaban J connectivity index is 0.000000265. The summed E-state index contributed by atoms with van der Waals surface area (Å²) in [4.78, 5) is 63.4. The summed E-state index contributed by atoms with van der Waals surface area (Å²) in [5.74, 6) is -3.90. The number of nitrogens with zero attached hydrogens (tertiary/aromatic N) is 5. The molecule has 2 heterocycles. The molecule has 370 valence electrons. The number of halogens is 4. The van der Waals surface area contributed by atoms with Crippen molar-refractivity contribution < 1.29 is 42.6 Å². The molecule has 0 bridgehead atoms. The van der Waals surface area contributed by atoms with Gasteiger partial charge in [-0.15, -0.1) is 0 Å². The van der Waals surface area contributed by atoms with E-state index in [1.807, 2.05) is 31.1 Å². The van der Waals surface area contributed by atoms with E-state index >= 15 is 0 Å². The summed E-state index contributed by atoms with van der Waals surface area (Å²) in [6.07, 6.45) is 4.04. The number of H-pyrrole nitrogens is 2. The van der Waals surface area contributed by atoms with E-state index in [0.29, 0.717) is 51.7 Å². The van der Waals surface area contributed by atoms with Crippen molar-refractivity contribution in [1.82, 2.24) is 51.7 Å². The van der Waals surface area contributed by atoms with E-state index in [2.05, 4.69) is 46.8 Å². The van der Waals surface area contributed by atoms with Gasteiger partial charge in [-0.1, -0.05) is 71.7 Å². The number of ether oxygens (including phenoxy) is 1. The average Bonchev–Trinajstić information content (AvgIpc) is 4.08. The molecule has 6 rings (SSSR count). The number of carboxylic acids is 1. The molecule has 0 radical (unpaired) electrons. The van der Waals surface area contributed by atoms with E-state index in [1.165, 1.54) is 42.7 Å². The minimum Gasteiger partial charge on any atom is -0.480 e. The van der Waals surface area contributed by atoms with E-state index in [1.54, 1.807) is 49.4 Å². The smallest absolute Gasteiger partial charge is 0.326 e. The normalized spacial score (nSPS) is 12.7. The molecule has 2 aromatic heterocycles. The highest BCUT2D eigenvalue weighted by Crippen LogP contribution is 2.28. The zero-order valence-electron chi connectivity index (χ0n) is 38.4. The number of nitrogens with two attached hydrogens (primary N) is 1. The molecule has 0 saturated carbocycles. The monoisotopic (exact) mass is 1000 g/mol. The SMILES string of the molecule is CCOC(=O)[C@H](N)C[C@@H](Cc1ccc(-c2cc(Cl)ccc2F)cc1)NC(=O)c1cn[nH]n1.CN(C)CCCC(=O)N[C@H](C[C@@H](Cc1ccc(-c2cc(Cl)ccc2F)cc1)NC(=O)c1cn[nH]n1)C(=O)O. The van der Waals surface area contributed by atoms with Crippen molar-refractivity contribution >= 4 is 52.9 Å². The van der Waals surface area contributed by atoms with Crippen LogP contribution in [0, 0.1) is 11.6 Å². The summed E-state index contributed by atoms with van der Waals surface area (Å²) in [5.41, 5.74) is 9.78. The molecule has 0 unspecified atom stereocenters. The number of aromatic amines is 2. The van der Waals surface area contributed by atoms with Crippen LogP contribution in [-0.2, 0) is 32.0 Å². The van der Waals surface area contributed by atoms with Gasteiger partial charge in [0, 0.05) is 39.7 Å². The topological polar surface area (TPSA) is 263 Å². The third kappa shape index (κ3) is 16.8. The first kappa shape index (κ1) is 53.8. The first-order chi connectivity index (χ1) is 33.5. The van der Waals surface area contributed by atoms with Gasteiger partial charge in [0.15, 0.2) is 11.4 Å². The average molecular weight is 1000 g/mol. The number of benzene rings is 4. The molecule has 70 heavy (non-hydrogen) atoms. The first-order valence-electron chi connectivity index (χ1n) is 22.0. The van der Waals surface area contributed by atoms with Crippen molar-refractivity contribution in [3.8, 4) is 22.3 Å². The molecule has 4 atom stereocenters. The van der Waals surface area contributed by atoms with Crippen LogP contribution in [0.25, 0.3) is 22.3 Å². The first-order valence-corrected chi connectivity index (χ1v) is 22.8. The Bertz CT molecular complexity index is 2660. The van der Waals surface area contributed by atoms with Gasteiger partial charge < -0.3 is 36.4 Å². The van der Waals surface area contributed by atoms with E-state index in [-0.39, 0.29) is 55.4 Å². The number of carbonyl (C=O) groups is 5. The molecule has 0 aliphatic rings. The fourth-order valence-corrected chi connectivity index (χ4v) is 7.50. The molecule has 6 aromatic rings. The number of aliphatic carboxylic acids is 1. The van der Waals surface area contributed by atoms with Gasteiger partial charge in [0.2, 0.25) is 5.91 Å². The maximum Gasteiger partial charge on any atom is 0.326 e. The number of nitrogens with one attached hydrogen (secondary N) is 5. The van der Waals surface area contributed by atoms with Crippen molar-refractivity contribution in [3.63, 3.8) is 0 Å². The Hall–Kier alpha value is -7.13. The Kier molecular flexibility index (Phi) is 20.4. The lowest BCUT2D eigenvalue weighted by atomic mass is 9.96. The number of hydrogen-bond donors (Lipinski definition) is 7. The molecule has 0 spiro atoms. The van der Waals surface area contributed by atoms with E-state index < -0.39 is 53.7 Å². The van der Waals surface area contributed by atoms with E-state index in [9.17, 15) is 37.9 Å². The summed E-state index contributed by atoms with van der Waals surface area (Å²) in [6.45, 7) is 2.60. The molecule has 0 saturated heterocycles. The largest absolute Gasteiger partial charge is 0.480 e. The maximum atomic E-state index is 14.3. The highest BCUT2D eigenvalue weighted by Gasteiger charge is 2.27. The number of amides is 3. The van der Waals surface area contributed by atoms with Gasteiger partial charge in [-0.2, -0.15) is 30.8 Å². The van der Waals surface area contributed by atoms with Crippen LogP contribution < -0.4 is 21.7 Å². The minimum absolute atomic E-state index is 0.0429. The highest BCUT2D eigenvalue weighted by atomic mass is 35.5. The third-order valence-electron chi connectivity index (χ3n) is 10.6. The molecular formula is C48H53Cl2F2N11O7. The van der Waals surface area contributed by atoms with Crippen molar-refractivity contribution in [1.29, 1.82) is 0 Å². The standard InChI is InChI=1S/C26H30ClFN6O4.C22H23ClFN5O3/c1-34(2)11-3-4-24(35)31-22(26(37)38)14-19(30-25(36)23-15-29-33-32-23)12-16-5-7-17(8-6-16)20-13-18(27)9-10-21(20)28;1-2-32-22(31)19(25)11-16(27-21(30)20-12-26-29-28-20)9-13-3-5-14(6-4-13)17-10-15(23)7-8-18(17)24/h5-10,13,15,19,22H,3-4,11-12,14H2,1-2H3,(H,30,36)(H,31,35)(H,37,38)(H,29,32,33);3-8,10,12,16,19H,2,9,11,25H2,1H3,(H,27,30)(H,26,28,29)/t19-,22-;16-,19-/m11/s1. The number of hydrogen-bond acceptors (Lipinski definition) is 12. The van der Waals surface area contributed by atoms with Gasteiger partial charge >= 0.3 is 11.9 Å². The molecule has 4 aromatic carbocycles. The van der Waals surface area contributed by atoms with Gasteiger partial charge in [0.1, 0.15) is 23.7 Å². The lowest BCUT2D eigenvalue weighted by Gasteiger charge is -2.23. The van der Waals surface area contributed by atoms with Gasteiger partial charge in [0.25, 0.3) is 11.8 Å². The molecule has 0 fully saturated rings. The predicted octanol–water partition coefficient (Wildman–Crippen LogP) is 5.79. The quantitative estimate of drug-likeness (QED) is 0.0398. The second kappa shape index (κ2) is 26.6. The molecule has 22 heteroatoms. The summed E-state index contributed by atoms with van der Waals surface area (Å²) < 4.78 is 33.4. The summed E-state index contributed by atoms with van der Waals surface area (Å²) in [7, 11) is 3.77. The number of carboxylic acid groups (broad SMARTS) is 1. The number of rotatable bonds is 22. The minimum atomic E-state index is -1.22. The molecule has 8 N–H and O–H groups in total. The fraction of sp³-hybridized carbons (Fsp3) is 0.312. The summed E-state index contributed by atoms with van der Waals surface area (Å²) in [6, 6.07) is 19.5. The molecule has 3 amide bonds. The zero-order valence-corrected chi connectivity index (χ0v) is 39.9. The van der Waals surface area contributed by atoms with Crippen molar-refractivity contribution in [2.75, 3.05) is 27.2 Å². The van der Waals surface area contributed by atoms with Crippen LogP contribution >= 0.6 is 23.2 Å². The van der Waals surface area contributed by atoms with Crippen LogP contribution in [0.2, 0.25) is 10.0 Å². The number of esters is 1. The van der Waals surface area contributed by atoms with Gasteiger partial charge in [-0.3, -0.25) is 19.2 Å². The van der Waals surface area contributed by atoms with Gasteiger partial charge in [-0.05, 0) is 118 Å². The lowest BCUT2D eigenvalue weighted by molar-refractivity contribution is -0.145. The Morgan fingerprint density at radius 1 is 0.729 bits per heavy atom. The molecule has 18 nitrogen and oxygen atoms in total. The van der Waals surface area contributed by atoms with Crippen LogP contribution in [0.1, 0.15) is 64.7 Å². The Morgan fingerprint density at radius 3 is 1.61 bits per heavy atom. The van der Waals surface area contributed by atoms with Crippen LogP contribution in [0.15, 0.2) is 97.3 Å². The summed E-state index contributed by atoms with van der Waals surface area (Å²) >= 11 is 12.0. The van der Waals surface area contributed by atoms with E-state index in [4.69, 9.17) is 33.7 Å². The second-order valence-corrected chi connectivity index (χ2v) is 17.2. The third-order valence-corrected chi connectivity index (χ3v) is 11.1. The van der Waals surface area contributed by atoms with Crippen molar-refractivity contribution in [2.45, 2.75) is 69.6 Å². The maximum absolute atomic E-state index is 14.3. The van der Waals surface area contributed by atoms with Crippen molar-refractivity contribution in [2.24, 2.45) is 5.73 Å². The van der Waals surface area contributed by atoms with Crippen LogP contribution in [0.4, 0.5) is 8.78 Å². The zero-order chi connectivity index (χ0) is 50.7. The van der Waals surface area contributed by atoms with Crippen LogP contribution in [-0.4, -0.2) is 122 Å². The van der Waals surface area contributed by atoms with Gasteiger partial charge in [0.05, 0.1) is 19.0 Å². The van der Waals surface area contributed by atoms with Gasteiger partial charge in [-0.25, -0.2) is 13.6 Å². The lowest BCUT2D eigenvalue weighted by Crippen LogP contribution is -2.47. The number of aromatic nitrogens is 6. The second-order valence-electron chi connectivity index (χ2n) is 16.3. The fourth-order valence-electron chi connectivity index (χ4n) is 7.15. The van der Waals surface area contributed by atoms with Crippen LogP contribution in [0.5, 0.6) is 0 Å². The Labute approximate surface area is 412 Å². The predicted molar refractivity (Wildman–Crippen MR) is 258 cm³/mol. The van der Waals surface area contributed by atoms with Crippen LogP contribution in [0.3, 0.4) is 0 Å². The Morgan fingerprint density at radius 2 is 1.20 bits per heavy atom. The molecular weight excluding hydrogens is 951 g/mol. The summed E-state index contributed by atoms with van der Waals surface area (Å²) in [5, 5.41) is 38.3. The highest BCUT2D eigenvalue weighted by molar-refractivity contribution is 6.31. The van der Waals surface area contributed by atoms with Crippen molar-refractivity contribution in [3.05, 3.63) is 142 Å². The molecule has 0 aliphatic carbocycles. The molecule has 0 aliphatic heterocycles. The van der Waals surface area contributed by atoms with E-state index in [0.717, 1.165) is 11.1 Å². The number of carbonyl (C=O) groups excluding carboxylic acids is 4.